The molecule has 0 aliphatic carbocycles. The van der Waals surface area contributed by atoms with E-state index in [0.717, 1.165) is 57.5 Å². The zero-order valence-electron chi connectivity index (χ0n) is 15.6. The van der Waals surface area contributed by atoms with E-state index in [4.69, 9.17) is 4.98 Å². The van der Waals surface area contributed by atoms with E-state index >= 15 is 0 Å². The van der Waals surface area contributed by atoms with Gasteiger partial charge < -0.3 is 14.7 Å². The number of anilines is 3. The molecule has 0 amide bonds. The average Bonchev–Trinajstić information content (AvgIpc) is 2.79. The molecule has 2 aliphatic heterocycles. The van der Waals surface area contributed by atoms with Crippen molar-refractivity contribution >= 4 is 17.7 Å². The Labute approximate surface area is 163 Å². The van der Waals surface area contributed by atoms with E-state index in [2.05, 4.69) is 59.1 Å². The van der Waals surface area contributed by atoms with Crippen LogP contribution in [0.5, 0.6) is 0 Å². The Bertz CT molecular complexity index is 940. The van der Waals surface area contributed by atoms with Gasteiger partial charge in [0.25, 0.3) is 0 Å². The van der Waals surface area contributed by atoms with E-state index in [1.54, 1.807) is 18.6 Å². The molecule has 0 bridgehead atoms. The molecule has 0 radical (unpaired) electrons. The highest BCUT2D eigenvalue weighted by atomic mass is 15.4. The van der Waals surface area contributed by atoms with E-state index in [1.807, 2.05) is 6.07 Å². The lowest BCUT2D eigenvalue weighted by Crippen LogP contribution is -2.47. The molecule has 5 rings (SSSR count). The average molecular weight is 374 g/mol. The van der Waals surface area contributed by atoms with Crippen LogP contribution in [-0.4, -0.2) is 57.9 Å². The van der Waals surface area contributed by atoms with Crippen LogP contribution < -0.4 is 14.7 Å². The maximum absolute atomic E-state index is 4.82. The molecule has 8 nitrogen and oxygen atoms in total. The molecule has 0 saturated carbocycles. The summed E-state index contributed by atoms with van der Waals surface area (Å²) in [5.41, 5.74) is 2.77. The summed E-state index contributed by atoms with van der Waals surface area (Å²) < 4.78 is 0. The summed E-state index contributed by atoms with van der Waals surface area (Å²) >= 11 is 0. The minimum absolute atomic E-state index is 0.709. The van der Waals surface area contributed by atoms with E-state index < -0.39 is 0 Å². The minimum atomic E-state index is 0.709. The lowest BCUT2D eigenvalue weighted by Gasteiger charge is -2.35. The van der Waals surface area contributed by atoms with Crippen LogP contribution in [0.1, 0.15) is 11.1 Å². The van der Waals surface area contributed by atoms with Crippen molar-refractivity contribution in [2.75, 3.05) is 47.4 Å². The Morgan fingerprint density at radius 2 is 1.46 bits per heavy atom. The molecule has 0 spiro atoms. The zero-order chi connectivity index (χ0) is 18.8. The second-order valence-electron chi connectivity index (χ2n) is 7.08. The zero-order valence-corrected chi connectivity index (χ0v) is 15.6. The number of benzene rings is 1. The van der Waals surface area contributed by atoms with Crippen molar-refractivity contribution in [1.82, 2.24) is 25.1 Å². The Kier molecular flexibility index (Phi) is 4.44. The quantitative estimate of drug-likeness (QED) is 0.684. The molecule has 1 fully saturated rings. The normalized spacial score (nSPS) is 16.8. The summed E-state index contributed by atoms with van der Waals surface area (Å²) in [6.45, 7) is 5.20. The SMILES string of the molecule is c1cnc(N2CCN(c3cnnc(N4CCc5ccccc5C4)n3)CC2)nc1. The number of aromatic nitrogens is 5. The van der Waals surface area contributed by atoms with Gasteiger partial charge in [0.05, 0.1) is 6.20 Å². The lowest BCUT2D eigenvalue weighted by atomic mass is 10.0. The fourth-order valence-corrected chi connectivity index (χ4v) is 3.83. The molecule has 2 aromatic heterocycles. The third kappa shape index (κ3) is 3.33. The molecule has 28 heavy (non-hydrogen) atoms. The number of nitrogens with zero attached hydrogens (tertiary/aromatic N) is 8. The maximum atomic E-state index is 4.82. The van der Waals surface area contributed by atoms with Crippen molar-refractivity contribution in [2.24, 2.45) is 0 Å². The van der Waals surface area contributed by atoms with Crippen molar-refractivity contribution in [2.45, 2.75) is 13.0 Å². The third-order valence-corrected chi connectivity index (χ3v) is 5.39. The molecule has 0 atom stereocenters. The molecule has 1 saturated heterocycles. The van der Waals surface area contributed by atoms with Crippen LogP contribution in [0.2, 0.25) is 0 Å². The molecule has 2 aliphatic rings. The third-order valence-electron chi connectivity index (χ3n) is 5.39. The van der Waals surface area contributed by atoms with Crippen LogP contribution in [0.4, 0.5) is 17.7 Å². The molecule has 142 valence electrons. The number of hydrogen-bond donors (Lipinski definition) is 0. The van der Waals surface area contributed by atoms with Gasteiger partial charge in [-0.1, -0.05) is 24.3 Å². The highest BCUT2D eigenvalue weighted by molar-refractivity contribution is 5.46. The van der Waals surface area contributed by atoms with Gasteiger partial charge in [0, 0.05) is 51.7 Å². The van der Waals surface area contributed by atoms with Gasteiger partial charge in [-0.05, 0) is 23.6 Å². The fourth-order valence-electron chi connectivity index (χ4n) is 3.83. The lowest BCUT2D eigenvalue weighted by molar-refractivity contribution is 0.628. The highest BCUT2D eigenvalue weighted by Crippen LogP contribution is 2.23. The maximum Gasteiger partial charge on any atom is 0.247 e. The molecule has 0 N–H and O–H groups in total. The van der Waals surface area contributed by atoms with E-state index in [9.17, 15) is 0 Å². The first-order chi connectivity index (χ1) is 13.9. The predicted octanol–water partition coefficient (Wildman–Crippen LogP) is 1.55. The number of rotatable bonds is 3. The molecule has 1 aromatic carbocycles. The van der Waals surface area contributed by atoms with Crippen molar-refractivity contribution in [3.05, 3.63) is 60.0 Å². The smallest absolute Gasteiger partial charge is 0.247 e. The summed E-state index contributed by atoms with van der Waals surface area (Å²) in [7, 11) is 0. The van der Waals surface area contributed by atoms with Crippen LogP contribution in [0.3, 0.4) is 0 Å². The standard InChI is InChI=1S/C20H22N8/c1-2-5-17-15-28(9-6-16(17)4-1)20-24-18(14-23-25-20)26-10-12-27(13-11-26)19-21-7-3-8-22-19/h1-5,7-8,14H,6,9-13,15H2. The molecule has 0 unspecified atom stereocenters. The largest absolute Gasteiger partial charge is 0.352 e. The topological polar surface area (TPSA) is 74.2 Å². The first kappa shape index (κ1) is 16.9. The van der Waals surface area contributed by atoms with Gasteiger partial charge in [0.1, 0.15) is 0 Å². The summed E-state index contributed by atoms with van der Waals surface area (Å²) in [5.74, 6) is 2.38. The Balaban J connectivity index is 1.28. The van der Waals surface area contributed by atoms with E-state index in [1.165, 1.54) is 11.1 Å². The van der Waals surface area contributed by atoms with Crippen molar-refractivity contribution in [1.29, 1.82) is 0 Å². The second kappa shape index (κ2) is 7.38. The van der Waals surface area contributed by atoms with Crippen LogP contribution >= 0.6 is 0 Å². The summed E-state index contributed by atoms with van der Waals surface area (Å²) in [4.78, 5) is 20.2. The van der Waals surface area contributed by atoms with E-state index in [0.29, 0.717) is 5.95 Å². The van der Waals surface area contributed by atoms with Crippen molar-refractivity contribution in [3.63, 3.8) is 0 Å². The monoisotopic (exact) mass is 374 g/mol. The van der Waals surface area contributed by atoms with Crippen molar-refractivity contribution in [3.8, 4) is 0 Å². The number of fused-ring (bicyclic) bond motifs is 1. The first-order valence-electron chi connectivity index (χ1n) is 9.65. The Morgan fingerprint density at radius 1 is 0.714 bits per heavy atom. The molecular weight excluding hydrogens is 352 g/mol. The van der Waals surface area contributed by atoms with Crippen LogP contribution in [-0.2, 0) is 13.0 Å². The minimum Gasteiger partial charge on any atom is -0.352 e. The first-order valence-corrected chi connectivity index (χ1v) is 9.65. The van der Waals surface area contributed by atoms with Gasteiger partial charge >= 0.3 is 0 Å². The molecule has 4 heterocycles. The van der Waals surface area contributed by atoms with E-state index in [-0.39, 0.29) is 0 Å². The molecule has 8 heteroatoms. The van der Waals surface area contributed by atoms with Gasteiger partial charge in [-0.15, -0.1) is 5.10 Å². The van der Waals surface area contributed by atoms with Crippen LogP contribution in [0, 0.1) is 0 Å². The van der Waals surface area contributed by atoms with Gasteiger partial charge in [0.2, 0.25) is 11.9 Å². The van der Waals surface area contributed by atoms with Gasteiger partial charge in [-0.25, -0.2) is 9.97 Å². The predicted molar refractivity (Wildman–Crippen MR) is 107 cm³/mol. The van der Waals surface area contributed by atoms with Crippen LogP contribution in [0.15, 0.2) is 48.9 Å². The summed E-state index contributed by atoms with van der Waals surface area (Å²) in [6.07, 6.45) is 6.34. The number of hydrogen-bond acceptors (Lipinski definition) is 8. The fraction of sp³-hybridized carbons (Fsp3) is 0.350. The second-order valence-corrected chi connectivity index (χ2v) is 7.08. The summed E-state index contributed by atoms with van der Waals surface area (Å²) in [6, 6.07) is 10.4. The molecular formula is C20H22N8. The van der Waals surface area contributed by atoms with Crippen LogP contribution in [0.25, 0.3) is 0 Å². The Morgan fingerprint density at radius 3 is 2.29 bits per heavy atom. The highest BCUT2D eigenvalue weighted by Gasteiger charge is 2.23. The number of piperazine rings is 1. The summed E-state index contributed by atoms with van der Waals surface area (Å²) in [5, 5.41) is 8.54. The van der Waals surface area contributed by atoms with Crippen molar-refractivity contribution < 1.29 is 0 Å². The van der Waals surface area contributed by atoms with Gasteiger partial charge in [-0.3, -0.25) is 0 Å². The van der Waals surface area contributed by atoms with Gasteiger partial charge in [0.15, 0.2) is 5.82 Å². The Hall–Kier alpha value is -3.29. The molecule has 3 aromatic rings. The van der Waals surface area contributed by atoms with Gasteiger partial charge in [-0.2, -0.15) is 10.1 Å².